The van der Waals surface area contributed by atoms with Gasteiger partial charge >= 0.3 is 11.8 Å². The van der Waals surface area contributed by atoms with Crippen LogP contribution in [0.5, 0.6) is 6.01 Å². The molecule has 7 rings (SSSR count). The molecule has 2 aliphatic rings. The van der Waals surface area contributed by atoms with Crippen LogP contribution in [0.3, 0.4) is 0 Å². The van der Waals surface area contributed by atoms with Gasteiger partial charge in [0.15, 0.2) is 0 Å². The van der Waals surface area contributed by atoms with Crippen molar-refractivity contribution in [2.75, 3.05) is 19.7 Å². The molecule has 4 aromatic heterocycles. The van der Waals surface area contributed by atoms with Crippen LogP contribution in [0.25, 0.3) is 22.6 Å². The number of pyridine rings is 1. The monoisotopic (exact) mass is 606 g/mol. The zero-order chi connectivity index (χ0) is 29.3. The second-order valence-corrected chi connectivity index (χ2v) is 11.2. The van der Waals surface area contributed by atoms with E-state index in [-0.39, 0.29) is 30.5 Å². The molecule has 14 heteroatoms. The molecule has 1 aromatic carbocycles. The van der Waals surface area contributed by atoms with Gasteiger partial charge in [0.1, 0.15) is 23.9 Å². The van der Waals surface area contributed by atoms with E-state index in [1.165, 1.54) is 6.07 Å². The third kappa shape index (κ3) is 6.01. The third-order valence-corrected chi connectivity index (χ3v) is 8.21. The van der Waals surface area contributed by atoms with Crippen molar-refractivity contribution >= 4 is 22.6 Å². The Morgan fingerprint density at radius 1 is 1.12 bits per heavy atom. The molecule has 5 aromatic rings. The molecule has 0 saturated carbocycles. The minimum absolute atomic E-state index is 0.0192. The lowest BCUT2D eigenvalue weighted by molar-refractivity contribution is -0.0592. The maximum atomic E-state index is 14.1. The van der Waals surface area contributed by atoms with Gasteiger partial charge in [-0.25, -0.2) is 19.2 Å². The molecule has 12 nitrogen and oxygen atoms in total. The summed E-state index contributed by atoms with van der Waals surface area (Å²) >= 11 is 5.84. The molecule has 2 fully saturated rings. The average Bonchev–Trinajstić information content (AvgIpc) is 3.57. The van der Waals surface area contributed by atoms with Crippen LogP contribution in [0.1, 0.15) is 42.3 Å². The van der Waals surface area contributed by atoms with E-state index >= 15 is 0 Å². The molecule has 222 valence electrons. The quantitative estimate of drug-likeness (QED) is 0.261. The molecule has 0 aliphatic carbocycles. The summed E-state index contributed by atoms with van der Waals surface area (Å²) in [6.07, 6.45) is 6.44. The van der Waals surface area contributed by atoms with Crippen molar-refractivity contribution < 1.29 is 18.4 Å². The summed E-state index contributed by atoms with van der Waals surface area (Å²) < 4.78 is 32.4. The number of aromatic nitrogens is 7. The standard InChI is InChI=1S/C29H28ClFN8O4/c30-19-2-1-18(21(31)11-19)16-42-28-32-7-3-22(35-28)17-4-8-38(9-5-17)15-26-34-23-12-24(27-36-29(40)43-37-27)33-13-25(23)39(26)14-20-6-10-41-20/h1-3,7,11-13,17,20H,4-6,8-10,14-16H2,(H,36,37,40)/t20-/m0/s1. The highest BCUT2D eigenvalue weighted by Crippen LogP contribution is 2.30. The molecule has 1 N–H and O–H groups in total. The summed E-state index contributed by atoms with van der Waals surface area (Å²) in [7, 11) is 0. The smallest absolute Gasteiger partial charge is 0.439 e. The summed E-state index contributed by atoms with van der Waals surface area (Å²) in [5.74, 6) is 0.402. The van der Waals surface area contributed by atoms with Crippen LogP contribution in [0.15, 0.2) is 52.0 Å². The average molecular weight is 607 g/mol. The number of rotatable bonds is 9. The van der Waals surface area contributed by atoms with Crippen molar-refractivity contribution in [3.8, 4) is 17.5 Å². The van der Waals surface area contributed by atoms with Crippen LogP contribution >= 0.6 is 11.6 Å². The summed E-state index contributed by atoms with van der Waals surface area (Å²) in [5, 5.41) is 4.09. The summed E-state index contributed by atoms with van der Waals surface area (Å²) in [5.41, 5.74) is 3.47. The van der Waals surface area contributed by atoms with E-state index in [1.807, 2.05) is 12.1 Å². The minimum atomic E-state index is -0.632. The highest BCUT2D eigenvalue weighted by Gasteiger charge is 2.26. The summed E-state index contributed by atoms with van der Waals surface area (Å²) in [4.78, 5) is 34.6. The molecule has 2 saturated heterocycles. The van der Waals surface area contributed by atoms with Crippen LogP contribution < -0.4 is 10.5 Å². The highest BCUT2D eigenvalue weighted by molar-refractivity contribution is 6.30. The van der Waals surface area contributed by atoms with E-state index in [4.69, 9.17) is 26.1 Å². The van der Waals surface area contributed by atoms with Crippen molar-refractivity contribution in [1.29, 1.82) is 0 Å². The number of fused-ring (bicyclic) bond motifs is 1. The van der Waals surface area contributed by atoms with Crippen molar-refractivity contribution in [1.82, 2.24) is 39.5 Å². The number of halogens is 2. The number of likely N-dealkylation sites (tertiary alicyclic amines) is 1. The molecule has 2 aliphatic heterocycles. The van der Waals surface area contributed by atoms with E-state index < -0.39 is 11.6 Å². The van der Waals surface area contributed by atoms with Gasteiger partial charge in [-0.15, -0.1) is 0 Å². The molecular weight excluding hydrogens is 579 g/mol. The Labute approximate surface area is 249 Å². The van der Waals surface area contributed by atoms with E-state index in [0.717, 1.165) is 61.5 Å². The fourth-order valence-corrected chi connectivity index (χ4v) is 5.68. The van der Waals surface area contributed by atoms with Crippen molar-refractivity contribution in [3.63, 3.8) is 0 Å². The number of imidazole rings is 1. The number of aromatic amines is 1. The number of piperidine rings is 1. The van der Waals surface area contributed by atoms with E-state index in [1.54, 1.807) is 24.5 Å². The Hall–Kier alpha value is -4.20. The first kappa shape index (κ1) is 27.6. The zero-order valence-corrected chi connectivity index (χ0v) is 23.8. The number of hydrogen-bond acceptors (Lipinski definition) is 10. The number of H-pyrrole nitrogens is 1. The van der Waals surface area contributed by atoms with Gasteiger partial charge in [0, 0.05) is 29.3 Å². The van der Waals surface area contributed by atoms with E-state index in [9.17, 15) is 9.18 Å². The van der Waals surface area contributed by atoms with Gasteiger partial charge in [-0.05, 0) is 56.6 Å². The Kier molecular flexibility index (Phi) is 7.59. The van der Waals surface area contributed by atoms with Crippen molar-refractivity contribution in [2.24, 2.45) is 0 Å². The maximum Gasteiger partial charge on any atom is 0.439 e. The molecule has 1 atom stereocenters. The van der Waals surface area contributed by atoms with Gasteiger partial charge < -0.3 is 14.0 Å². The molecule has 0 unspecified atom stereocenters. The number of nitrogens with zero attached hydrogens (tertiary/aromatic N) is 7. The molecule has 0 radical (unpaired) electrons. The van der Waals surface area contributed by atoms with Crippen LogP contribution in [0.4, 0.5) is 4.39 Å². The number of ether oxygens (including phenoxy) is 2. The van der Waals surface area contributed by atoms with E-state index in [2.05, 4.69) is 39.1 Å². The lowest BCUT2D eigenvalue weighted by Gasteiger charge is -2.32. The fraction of sp³-hybridized carbons (Fsp3) is 0.379. The zero-order valence-electron chi connectivity index (χ0n) is 23.1. The van der Waals surface area contributed by atoms with Gasteiger partial charge in [0.25, 0.3) is 0 Å². The predicted molar refractivity (Wildman–Crippen MR) is 153 cm³/mol. The Morgan fingerprint density at radius 2 is 1.98 bits per heavy atom. The Morgan fingerprint density at radius 3 is 2.72 bits per heavy atom. The molecule has 6 heterocycles. The Balaban J connectivity index is 1.03. The largest absolute Gasteiger partial charge is 0.458 e. The van der Waals surface area contributed by atoms with Crippen LogP contribution in [-0.4, -0.2) is 65.3 Å². The lowest BCUT2D eigenvalue weighted by atomic mass is 9.93. The second-order valence-electron chi connectivity index (χ2n) is 10.8. The lowest BCUT2D eigenvalue weighted by Crippen LogP contribution is -2.35. The highest BCUT2D eigenvalue weighted by atomic mass is 35.5. The summed E-state index contributed by atoms with van der Waals surface area (Å²) in [6.45, 7) is 3.91. The van der Waals surface area contributed by atoms with E-state index in [0.29, 0.717) is 29.4 Å². The van der Waals surface area contributed by atoms with Gasteiger partial charge in [-0.2, -0.15) is 4.98 Å². The molecule has 43 heavy (non-hydrogen) atoms. The minimum Gasteiger partial charge on any atom is -0.458 e. The van der Waals surface area contributed by atoms with Gasteiger partial charge in [0.05, 0.1) is 42.1 Å². The van der Waals surface area contributed by atoms with Crippen molar-refractivity contribution in [2.45, 2.75) is 51.0 Å². The molecular formula is C29H28ClFN8O4. The number of nitrogens with one attached hydrogen (secondary N) is 1. The first-order valence-electron chi connectivity index (χ1n) is 14.1. The first-order valence-corrected chi connectivity index (χ1v) is 14.5. The van der Waals surface area contributed by atoms with Gasteiger partial charge in [-0.3, -0.25) is 19.4 Å². The third-order valence-electron chi connectivity index (χ3n) is 7.97. The normalized spacial score (nSPS) is 17.8. The second kappa shape index (κ2) is 11.8. The Bertz CT molecular complexity index is 1810. The van der Waals surface area contributed by atoms with Gasteiger partial charge in [0.2, 0.25) is 5.82 Å². The summed E-state index contributed by atoms with van der Waals surface area (Å²) in [6, 6.07) is 8.44. The van der Waals surface area contributed by atoms with Crippen LogP contribution in [-0.2, 0) is 24.4 Å². The van der Waals surface area contributed by atoms with Gasteiger partial charge in [-0.1, -0.05) is 22.8 Å². The van der Waals surface area contributed by atoms with Crippen LogP contribution in [0, 0.1) is 5.82 Å². The molecule has 0 amide bonds. The first-order chi connectivity index (χ1) is 21.0. The predicted octanol–water partition coefficient (Wildman–Crippen LogP) is 4.10. The topological polar surface area (TPSA) is 137 Å². The maximum absolute atomic E-state index is 14.1. The van der Waals surface area contributed by atoms with Crippen LogP contribution in [0.2, 0.25) is 5.02 Å². The SMILES string of the molecule is O=c1[nH]c(-c2cc3nc(CN4CCC(c5ccnc(OCc6ccc(Cl)cc6F)n5)CC4)n(C[C@@H]4CCO4)c3cn2)no1. The molecule has 0 bridgehead atoms. The number of benzene rings is 1. The molecule has 0 spiro atoms. The fourth-order valence-electron chi connectivity index (χ4n) is 5.52. The van der Waals surface area contributed by atoms with Crippen molar-refractivity contribution in [3.05, 3.63) is 81.2 Å². The number of hydrogen-bond donors (Lipinski definition) is 1.